The van der Waals surface area contributed by atoms with Crippen molar-refractivity contribution in [2.75, 3.05) is 11.9 Å². The number of carbonyl (C=O) groups is 4. The number of halogens is 1. The Morgan fingerprint density at radius 3 is 2.46 bits per heavy atom. The van der Waals surface area contributed by atoms with Crippen molar-refractivity contribution in [2.45, 2.75) is 45.1 Å². The highest BCUT2D eigenvalue weighted by atomic mass is 35.5. The summed E-state index contributed by atoms with van der Waals surface area (Å²) in [6, 6.07) is 6.62. The highest BCUT2D eigenvalue weighted by molar-refractivity contribution is 6.30. The van der Waals surface area contributed by atoms with Crippen molar-refractivity contribution >= 4 is 41.0 Å². The van der Waals surface area contributed by atoms with Gasteiger partial charge in [0.05, 0.1) is 18.3 Å². The summed E-state index contributed by atoms with van der Waals surface area (Å²) in [5, 5.41) is 3.09. The molecular weight excluding hydrogens is 384 g/mol. The molecule has 3 amide bonds. The van der Waals surface area contributed by atoms with Crippen LogP contribution in [0, 0.1) is 11.8 Å². The summed E-state index contributed by atoms with van der Waals surface area (Å²) in [6.45, 7) is 1.45. The van der Waals surface area contributed by atoms with Crippen LogP contribution in [0.3, 0.4) is 0 Å². The molecule has 0 bridgehead atoms. The average Bonchev–Trinajstić information content (AvgIpc) is 2.91. The number of nitrogens with one attached hydrogen (secondary N) is 1. The van der Waals surface area contributed by atoms with Gasteiger partial charge in [-0.2, -0.15) is 0 Å². The second kappa shape index (κ2) is 8.73. The lowest BCUT2D eigenvalue weighted by molar-refractivity contribution is -0.154. The first-order chi connectivity index (χ1) is 13.4. The molecule has 1 aliphatic heterocycles. The number of imide groups is 1. The zero-order chi connectivity index (χ0) is 20.3. The number of likely N-dealkylation sites (tertiary alicyclic amines) is 1. The number of benzene rings is 1. The van der Waals surface area contributed by atoms with Gasteiger partial charge in [0.25, 0.3) is 5.91 Å². The van der Waals surface area contributed by atoms with Crippen LogP contribution in [0.4, 0.5) is 5.69 Å². The van der Waals surface area contributed by atoms with Gasteiger partial charge in [0, 0.05) is 17.3 Å². The predicted molar refractivity (Wildman–Crippen MR) is 102 cm³/mol. The highest BCUT2D eigenvalue weighted by Crippen LogP contribution is 2.37. The largest absolute Gasteiger partial charge is 0.452 e. The molecule has 3 atom stereocenters. The Balaban J connectivity index is 1.48. The Morgan fingerprint density at radius 1 is 1.21 bits per heavy atom. The average molecular weight is 407 g/mol. The highest BCUT2D eigenvalue weighted by Gasteiger charge is 2.47. The van der Waals surface area contributed by atoms with E-state index in [1.165, 1.54) is 11.8 Å². The maximum atomic E-state index is 12.4. The van der Waals surface area contributed by atoms with E-state index in [0.29, 0.717) is 10.7 Å². The van der Waals surface area contributed by atoms with Gasteiger partial charge >= 0.3 is 5.97 Å². The Labute approximate surface area is 168 Å². The normalized spacial score (nSPS) is 22.6. The summed E-state index contributed by atoms with van der Waals surface area (Å²) in [7, 11) is 0. The van der Waals surface area contributed by atoms with Gasteiger partial charge in [-0.1, -0.05) is 30.5 Å². The van der Waals surface area contributed by atoms with Crippen LogP contribution in [0.25, 0.3) is 0 Å². The van der Waals surface area contributed by atoms with Crippen LogP contribution in [-0.4, -0.2) is 41.2 Å². The molecule has 0 unspecified atom stereocenters. The number of amides is 3. The number of anilines is 1. The van der Waals surface area contributed by atoms with E-state index in [1.54, 1.807) is 24.3 Å². The third-order valence-corrected chi connectivity index (χ3v) is 5.48. The first-order valence-corrected chi connectivity index (χ1v) is 9.85. The van der Waals surface area contributed by atoms with Gasteiger partial charge in [0.1, 0.15) is 0 Å². The minimum atomic E-state index is -1.01. The maximum Gasteiger partial charge on any atom is 0.308 e. The molecule has 0 radical (unpaired) electrons. The Kier molecular flexibility index (Phi) is 6.34. The topological polar surface area (TPSA) is 92.8 Å². The molecular formula is C20H23ClN2O5. The van der Waals surface area contributed by atoms with Crippen LogP contribution in [0.2, 0.25) is 5.02 Å². The summed E-state index contributed by atoms with van der Waals surface area (Å²) in [5.74, 6) is -1.97. The Bertz CT molecular complexity index is 773. The summed E-state index contributed by atoms with van der Waals surface area (Å²) < 4.78 is 5.13. The standard InChI is InChI=1S/C20H23ClN2O5/c1-12(18(25)22-14-6-4-5-13(21)11-14)28-17(24)9-10-23-19(26)15-7-2-3-8-16(15)20(23)27/h4-6,11-12,15-16H,2-3,7-10H2,1H3,(H,22,25)/t12-,15+,16+/m1/s1. The van der Waals surface area contributed by atoms with Gasteiger partial charge in [-0.15, -0.1) is 0 Å². The molecule has 7 nitrogen and oxygen atoms in total. The molecule has 2 aliphatic rings. The van der Waals surface area contributed by atoms with E-state index >= 15 is 0 Å². The number of fused-ring (bicyclic) bond motifs is 1. The van der Waals surface area contributed by atoms with Crippen LogP contribution in [0.15, 0.2) is 24.3 Å². The van der Waals surface area contributed by atoms with Gasteiger partial charge in [0.2, 0.25) is 11.8 Å². The minimum absolute atomic E-state index is 0.00781. The zero-order valence-electron chi connectivity index (χ0n) is 15.7. The smallest absolute Gasteiger partial charge is 0.308 e. The molecule has 1 N–H and O–H groups in total. The lowest BCUT2D eigenvalue weighted by atomic mass is 9.81. The summed E-state index contributed by atoms with van der Waals surface area (Å²) >= 11 is 5.87. The molecule has 3 rings (SSSR count). The van der Waals surface area contributed by atoms with Crippen molar-refractivity contribution in [2.24, 2.45) is 11.8 Å². The Morgan fingerprint density at radius 2 is 1.86 bits per heavy atom. The maximum absolute atomic E-state index is 12.4. The lowest BCUT2D eigenvalue weighted by Gasteiger charge is -2.19. The van der Waals surface area contributed by atoms with Crippen LogP contribution < -0.4 is 5.32 Å². The second-order valence-electron chi connectivity index (χ2n) is 7.21. The van der Waals surface area contributed by atoms with Crippen molar-refractivity contribution in [3.05, 3.63) is 29.3 Å². The number of ether oxygens (including phenoxy) is 1. The molecule has 1 aromatic carbocycles. The fraction of sp³-hybridized carbons (Fsp3) is 0.500. The number of hydrogen-bond acceptors (Lipinski definition) is 5. The second-order valence-corrected chi connectivity index (χ2v) is 7.64. The number of rotatable bonds is 6. The van der Waals surface area contributed by atoms with Gasteiger partial charge in [-0.3, -0.25) is 24.1 Å². The molecule has 0 aromatic heterocycles. The van der Waals surface area contributed by atoms with Crippen molar-refractivity contribution in [3.63, 3.8) is 0 Å². The molecule has 1 saturated heterocycles. The number of carbonyl (C=O) groups excluding carboxylic acids is 4. The van der Waals surface area contributed by atoms with Crippen LogP contribution >= 0.6 is 11.6 Å². The molecule has 150 valence electrons. The molecule has 2 fully saturated rings. The van der Waals surface area contributed by atoms with E-state index in [4.69, 9.17) is 16.3 Å². The minimum Gasteiger partial charge on any atom is -0.452 e. The molecule has 8 heteroatoms. The molecule has 0 spiro atoms. The third-order valence-electron chi connectivity index (χ3n) is 5.24. The van der Waals surface area contributed by atoms with Crippen LogP contribution in [0.1, 0.15) is 39.0 Å². The van der Waals surface area contributed by atoms with E-state index in [0.717, 1.165) is 25.7 Å². The summed E-state index contributed by atoms with van der Waals surface area (Å²) in [6.07, 6.45) is 2.23. The predicted octanol–water partition coefficient (Wildman–Crippen LogP) is 2.78. The monoisotopic (exact) mass is 406 g/mol. The first-order valence-electron chi connectivity index (χ1n) is 9.48. The number of esters is 1. The molecule has 1 aromatic rings. The van der Waals surface area contributed by atoms with Gasteiger partial charge < -0.3 is 10.1 Å². The molecule has 1 heterocycles. The van der Waals surface area contributed by atoms with Crippen molar-refractivity contribution in [1.29, 1.82) is 0 Å². The quantitative estimate of drug-likeness (QED) is 0.579. The van der Waals surface area contributed by atoms with Crippen molar-refractivity contribution in [1.82, 2.24) is 4.90 Å². The van der Waals surface area contributed by atoms with Crippen molar-refractivity contribution in [3.8, 4) is 0 Å². The molecule has 28 heavy (non-hydrogen) atoms. The van der Waals surface area contributed by atoms with Gasteiger partial charge in [0.15, 0.2) is 6.10 Å². The van der Waals surface area contributed by atoms with E-state index in [9.17, 15) is 19.2 Å². The van der Waals surface area contributed by atoms with E-state index in [-0.39, 0.29) is 36.6 Å². The summed E-state index contributed by atoms with van der Waals surface area (Å²) in [5.41, 5.74) is 0.497. The third kappa shape index (κ3) is 4.52. The number of nitrogens with zero attached hydrogens (tertiary/aromatic N) is 1. The zero-order valence-corrected chi connectivity index (χ0v) is 16.4. The van der Waals surface area contributed by atoms with Crippen LogP contribution in [0.5, 0.6) is 0 Å². The molecule has 1 saturated carbocycles. The SMILES string of the molecule is C[C@@H](OC(=O)CCN1C(=O)[C@H]2CCCC[C@@H]2C1=O)C(=O)Nc1cccc(Cl)c1. The Hall–Kier alpha value is -2.41. The number of hydrogen-bond donors (Lipinski definition) is 1. The first kappa shape index (κ1) is 20.3. The van der Waals surface area contributed by atoms with E-state index in [2.05, 4.69) is 5.32 Å². The molecule has 1 aliphatic carbocycles. The van der Waals surface area contributed by atoms with E-state index in [1.807, 2.05) is 0 Å². The van der Waals surface area contributed by atoms with Crippen LogP contribution in [-0.2, 0) is 23.9 Å². The van der Waals surface area contributed by atoms with Crippen molar-refractivity contribution < 1.29 is 23.9 Å². The van der Waals surface area contributed by atoms with Gasteiger partial charge in [-0.05, 0) is 38.0 Å². The van der Waals surface area contributed by atoms with E-state index < -0.39 is 18.0 Å². The fourth-order valence-electron chi connectivity index (χ4n) is 3.77. The fourth-order valence-corrected chi connectivity index (χ4v) is 3.96. The summed E-state index contributed by atoms with van der Waals surface area (Å²) in [4.78, 5) is 50.2. The lowest BCUT2D eigenvalue weighted by Crippen LogP contribution is -2.35. The van der Waals surface area contributed by atoms with Gasteiger partial charge in [-0.25, -0.2) is 0 Å².